The Bertz CT molecular complexity index is 720. The standard InChI is InChI=1S/C17H24N2O5S/c1-13-8-10-19(11-9-13)25(22,23)15-6-4-14(5-7-15)17(21)24-12-16(20)18(2)3/h4-7,13H,8-12H2,1-3H3. The minimum absolute atomic E-state index is 0.156. The van der Waals surface area contributed by atoms with Crippen molar-refractivity contribution < 1.29 is 22.7 Å². The molecule has 1 heterocycles. The van der Waals surface area contributed by atoms with Gasteiger partial charge in [-0.1, -0.05) is 6.92 Å². The third-order valence-corrected chi connectivity index (χ3v) is 6.21. The van der Waals surface area contributed by atoms with E-state index in [2.05, 4.69) is 6.92 Å². The predicted octanol–water partition coefficient (Wildman–Crippen LogP) is 1.35. The van der Waals surface area contributed by atoms with Gasteiger partial charge in [0.1, 0.15) is 0 Å². The van der Waals surface area contributed by atoms with Gasteiger partial charge in [-0.15, -0.1) is 0 Å². The second-order valence-electron chi connectivity index (χ2n) is 6.48. The van der Waals surface area contributed by atoms with Crippen LogP contribution >= 0.6 is 0 Å². The highest BCUT2D eigenvalue weighted by Gasteiger charge is 2.28. The van der Waals surface area contributed by atoms with Crippen LogP contribution in [0, 0.1) is 5.92 Å². The Labute approximate surface area is 148 Å². The first-order valence-electron chi connectivity index (χ1n) is 8.19. The van der Waals surface area contributed by atoms with Crippen LogP contribution in [0.5, 0.6) is 0 Å². The summed E-state index contributed by atoms with van der Waals surface area (Å²) < 4.78 is 31.6. The lowest BCUT2D eigenvalue weighted by atomic mass is 10.0. The zero-order valence-electron chi connectivity index (χ0n) is 14.8. The zero-order chi connectivity index (χ0) is 18.6. The molecule has 1 aromatic carbocycles. The molecule has 1 aliphatic rings. The number of hydrogen-bond acceptors (Lipinski definition) is 5. The van der Waals surface area contributed by atoms with E-state index < -0.39 is 16.0 Å². The molecule has 7 nitrogen and oxygen atoms in total. The molecule has 0 saturated carbocycles. The van der Waals surface area contributed by atoms with Crippen LogP contribution in [0.4, 0.5) is 0 Å². The van der Waals surface area contributed by atoms with Crippen LogP contribution in [0.1, 0.15) is 30.1 Å². The van der Waals surface area contributed by atoms with Gasteiger partial charge in [0, 0.05) is 27.2 Å². The molecule has 8 heteroatoms. The van der Waals surface area contributed by atoms with Gasteiger partial charge in [0.05, 0.1) is 10.5 Å². The van der Waals surface area contributed by atoms with E-state index in [4.69, 9.17) is 4.74 Å². The predicted molar refractivity (Wildman–Crippen MR) is 92.6 cm³/mol. The van der Waals surface area contributed by atoms with E-state index in [1.165, 1.54) is 33.5 Å². The van der Waals surface area contributed by atoms with E-state index >= 15 is 0 Å². The van der Waals surface area contributed by atoms with Crippen LogP contribution in [-0.4, -0.2) is 63.3 Å². The average molecular weight is 368 g/mol. The number of esters is 1. The molecule has 0 bridgehead atoms. The first-order valence-corrected chi connectivity index (χ1v) is 9.63. The van der Waals surface area contributed by atoms with Gasteiger partial charge in [0.25, 0.3) is 5.91 Å². The second-order valence-corrected chi connectivity index (χ2v) is 8.41. The van der Waals surface area contributed by atoms with E-state index in [9.17, 15) is 18.0 Å². The van der Waals surface area contributed by atoms with Gasteiger partial charge in [0.15, 0.2) is 6.61 Å². The molecule has 0 spiro atoms. The maximum absolute atomic E-state index is 12.6. The summed E-state index contributed by atoms with van der Waals surface area (Å²) in [5.41, 5.74) is 0.206. The number of sulfonamides is 1. The van der Waals surface area contributed by atoms with Gasteiger partial charge in [-0.3, -0.25) is 4.79 Å². The van der Waals surface area contributed by atoms with Crippen molar-refractivity contribution >= 4 is 21.9 Å². The summed E-state index contributed by atoms with van der Waals surface area (Å²) in [5, 5.41) is 0. The van der Waals surface area contributed by atoms with E-state index in [1.54, 1.807) is 14.1 Å². The Hall–Kier alpha value is -1.93. The first-order chi connectivity index (χ1) is 11.7. The number of carbonyl (C=O) groups excluding carboxylic acids is 2. The smallest absolute Gasteiger partial charge is 0.338 e. The van der Waals surface area contributed by atoms with Crippen molar-refractivity contribution in [2.45, 2.75) is 24.7 Å². The third-order valence-electron chi connectivity index (χ3n) is 4.30. The highest BCUT2D eigenvalue weighted by atomic mass is 32.2. The molecular weight excluding hydrogens is 344 g/mol. The second kappa shape index (κ2) is 7.97. The molecule has 138 valence electrons. The fraction of sp³-hybridized carbons (Fsp3) is 0.529. The third kappa shape index (κ3) is 4.79. The van der Waals surface area contributed by atoms with Crippen LogP contribution in [0.3, 0.4) is 0 Å². The molecular formula is C17H24N2O5S. The SMILES string of the molecule is CC1CCN(S(=O)(=O)c2ccc(C(=O)OCC(=O)N(C)C)cc2)CC1. The molecule has 1 aromatic rings. The largest absolute Gasteiger partial charge is 0.452 e. The number of likely N-dealkylation sites (N-methyl/N-ethyl adjacent to an activating group) is 1. The number of carbonyl (C=O) groups is 2. The van der Waals surface area contributed by atoms with Crippen molar-refractivity contribution in [3.05, 3.63) is 29.8 Å². The monoisotopic (exact) mass is 368 g/mol. The van der Waals surface area contributed by atoms with Crippen LogP contribution in [0.2, 0.25) is 0 Å². The van der Waals surface area contributed by atoms with Crippen LogP contribution < -0.4 is 0 Å². The molecule has 0 aliphatic carbocycles. The quantitative estimate of drug-likeness (QED) is 0.733. The van der Waals surface area contributed by atoms with Gasteiger partial charge < -0.3 is 9.64 Å². The van der Waals surface area contributed by atoms with Gasteiger partial charge in [-0.2, -0.15) is 4.31 Å². The minimum Gasteiger partial charge on any atom is -0.452 e. The Morgan fingerprint density at radius 1 is 1.16 bits per heavy atom. The average Bonchev–Trinajstić information content (AvgIpc) is 2.59. The normalized spacial score (nSPS) is 16.4. The van der Waals surface area contributed by atoms with Crippen LogP contribution in [0.15, 0.2) is 29.2 Å². The highest BCUT2D eigenvalue weighted by Crippen LogP contribution is 2.23. The van der Waals surface area contributed by atoms with Crippen molar-refractivity contribution in [3.8, 4) is 0 Å². The Balaban J connectivity index is 2.03. The summed E-state index contributed by atoms with van der Waals surface area (Å²) in [6, 6.07) is 5.61. The molecule has 0 aromatic heterocycles. The number of amides is 1. The summed E-state index contributed by atoms with van der Waals surface area (Å²) in [5.74, 6) is -0.453. The molecule has 25 heavy (non-hydrogen) atoms. The number of benzene rings is 1. The fourth-order valence-corrected chi connectivity index (χ4v) is 3.95. The molecule has 1 fully saturated rings. The minimum atomic E-state index is -3.54. The van der Waals surface area contributed by atoms with E-state index in [1.807, 2.05) is 0 Å². The maximum atomic E-state index is 12.6. The lowest BCUT2D eigenvalue weighted by molar-refractivity contribution is -0.131. The lowest BCUT2D eigenvalue weighted by Crippen LogP contribution is -2.37. The van der Waals surface area contributed by atoms with E-state index in [0.717, 1.165) is 12.8 Å². The molecule has 1 amide bonds. The molecule has 0 atom stereocenters. The summed E-state index contributed by atoms with van der Waals surface area (Å²) in [6.07, 6.45) is 1.70. The molecule has 1 aliphatic heterocycles. The Kier molecular flexibility index (Phi) is 6.18. The lowest BCUT2D eigenvalue weighted by Gasteiger charge is -2.29. The van der Waals surface area contributed by atoms with Crippen LogP contribution in [-0.2, 0) is 19.6 Å². The maximum Gasteiger partial charge on any atom is 0.338 e. The fourth-order valence-electron chi connectivity index (χ4n) is 2.48. The zero-order valence-corrected chi connectivity index (χ0v) is 15.6. The van der Waals surface area contributed by atoms with Gasteiger partial charge in [-0.25, -0.2) is 13.2 Å². The summed E-state index contributed by atoms with van der Waals surface area (Å²) >= 11 is 0. The van der Waals surface area contributed by atoms with Crippen molar-refractivity contribution in [2.75, 3.05) is 33.8 Å². The highest BCUT2D eigenvalue weighted by molar-refractivity contribution is 7.89. The summed E-state index contributed by atoms with van der Waals surface area (Å²) in [4.78, 5) is 24.8. The number of rotatable bonds is 5. The number of piperidine rings is 1. The summed E-state index contributed by atoms with van der Waals surface area (Å²) in [6.45, 7) is 2.79. The molecule has 0 radical (unpaired) electrons. The topological polar surface area (TPSA) is 84.0 Å². The molecule has 2 rings (SSSR count). The molecule has 1 saturated heterocycles. The van der Waals surface area contributed by atoms with Gasteiger partial charge in [0.2, 0.25) is 10.0 Å². The molecule has 0 N–H and O–H groups in total. The van der Waals surface area contributed by atoms with Gasteiger partial charge >= 0.3 is 5.97 Å². The van der Waals surface area contributed by atoms with Crippen molar-refractivity contribution in [2.24, 2.45) is 5.92 Å². The summed E-state index contributed by atoms with van der Waals surface area (Å²) in [7, 11) is -0.411. The first kappa shape index (κ1) is 19.4. The van der Waals surface area contributed by atoms with E-state index in [0.29, 0.717) is 19.0 Å². The van der Waals surface area contributed by atoms with Crippen molar-refractivity contribution in [1.82, 2.24) is 9.21 Å². The van der Waals surface area contributed by atoms with E-state index in [-0.39, 0.29) is 23.0 Å². The number of hydrogen-bond donors (Lipinski definition) is 0. The number of nitrogens with zero attached hydrogens (tertiary/aromatic N) is 2. The molecule has 0 unspecified atom stereocenters. The Morgan fingerprint density at radius 2 is 1.72 bits per heavy atom. The van der Waals surface area contributed by atoms with Crippen LogP contribution in [0.25, 0.3) is 0 Å². The number of ether oxygens (including phenoxy) is 1. The van der Waals surface area contributed by atoms with Crippen molar-refractivity contribution in [1.29, 1.82) is 0 Å². The Morgan fingerprint density at radius 3 is 2.24 bits per heavy atom. The van der Waals surface area contributed by atoms with Gasteiger partial charge in [-0.05, 0) is 43.0 Å². The van der Waals surface area contributed by atoms with Crippen molar-refractivity contribution in [3.63, 3.8) is 0 Å².